The van der Waals surface area contributed by atoms with Crippen molar-refractivity contribution in [3.8, 4) is 0 Å². The molecule has 1 aliphatic heterocycles. The summed E-state index contributed by atoms with van der Waals surface area (Å²) in [6.45, 7) is 8.38. The zero-order valence-electron chi connectivity index (χ0n) is 15.0. The average Bonchev–Trinajstić information content (AvgIpc) is 2.67. The van der Waals surface area contributed by atoms with Crippen LogP contribution in [0.2, 0.25) is 0 Å². The van der Waals surface area contributed by atoms with Crippen molar-refractivity contribution in [3.05, 3.63) is 65.2 Å². The molecule has 0 amide bonds. The lowest BCUT2D eigenvalue weighted by atomic mass is 10.0. The van der Waals surface area contributed by atoms with E-state index in [4.69, 9.17) is 9.57 Å². The first-order valence-electron chi connectivity index (χ1n) is 8.89. The third-order valence-electron chi connectivity index (χ3n) is 4.42. The maximum atomic E-state index is 5.41. The minimum Gasteiger partial charge on any atom is -0.391 e. The molecule has 0 atom stereocenters. The number of ether oxygens (including phenoxy) is 1. The quantitative estimate of drug-likeness (QED) is 0.585. The van der Waals surface area contributed by atoms with Crippen molar-refractivity contribution in [1.29, 1.82) is 0 Å². The largest absolute Gasteiger partial charge is 0.391 e. The number of oxime groups is 1. The first-order chi connectivity index (χ1) is 12.2. The Bertz CT molecular complexity index is 672. The average molecular weight is 338 g/mol. The summed E-state index contributed by atoms with van der Waals surface area (Å²) < 4.78 is 5.39. The van der Waals surface area contributed by atoms with E-state index in [9.17, 15) is 0 Å². The lowest BCUT2D eigenvalue weighted by Gasteiger charge is -2.28. The molecule has 0 aliphatic carbocycles. The number of morpholine rings is 1. The summed E-state index contributed by atoms with van der Waals surface area (Å²) in [5, 5.41) is 4.08. The Morgan fingerprint density at radius 2 is 1.72 bits per heavy atom. The molecule has 4 heteroatoms. The maximum Gasteiger partial charge on any atom is 0.142 e. The molecular formula is C21H26N2O2. The molecule has 132 valence electrons. The molecule has 1 saturated heterocycles. The van der Waals surface area contributed by atoms with Crippen molar-refractivity contribution in [1.82, 2.24) is 0 Å². The molecule has 0 aromatic heterocycles. The summed E-state index contributed by atoms with van der Waals surface area (Å²) in [5.74, 6) is 0.549. The molecule has 25 heavy (non-hydrogen) atoms. The van der Waals surface area contributed by atoms with Gasteiger partial charge in [0.25, 0.3) is 0 Å². The third-order valence-corrected chi connectivity index (χ3v) is 4.42. The summed E-state index contributed by atoms with van der Waals surface area (Å²) in [7, 11) is 0. The van der Waals surface area contributed by atoms with Gasteiger partial charge in [-0.3, -0.25) is 0 Å². The third kappa shape index (κ3) is 5.07. The van der Waals surface area contributed by atoms with E-state index >= 15 is 0 Å². The predicted molar refractivity (Wildman–Crippen MR) is 102 cm³/mol. The van der Waals surface area contributed by atoms with Gasteiger partial charge in [-0.1, -0.05) is 55.4 Å². The Balaban J connectivity index is 1.48. The molecule has 1 fully saturated rings. The van der Waals surface area contributed by atoms with Crippen molar-refractivity contribution >= 4 is 11.9 Å². The Morgan fingerprint density at radius 3 is 2.36 bits per heavy atom. The standard InChI is InChI=1S/C21H26N2O2/c1-17(2)20-7-3-19(4-8-20)16-25-22-15-18-5-9-21(10-6-18)23-11-13-24-14-12-23/h3-10,15,17H,11-14,16H2,1-2H3/b22-15+. The van der Waals surface area contributed by atoms with E-state index in [0.29, 0.717) is 12.5 Å². The fraction of sp³-hybridized carbons (Fsp3) is 0.381. The van der Waals surface area contributed by atoms with Gasteiger partial charge in [0.1, 0.15) is 6.61 Å². The lowest BCUT2D eigenvalue weighted by Crippen LogP contribution is -2.36. The highest BCUT2D eigenvalue weighted by Crippen LogP contribution is 2.17. The first kappa shape index (κ1) is 17.5. The highest BCUT2D eigenvalue weighted by atomic mass is 16.6. The second-order valence-corrected chi connectivity index (χ2v) is 6.60. The van der Waals surface area contributed by atoms with E-state index in [1.807, 2.05) is 0 Å². The summed E-state index contributed by atoms with van der Waals surface area (Å²) in [6.07, 6.45) is 1.76. The van der Waals surface area contributed by atoms with Crippen LogP contribution >= 0.6 is 0 Å². The summed E-state index contributed by atoms with van der Waals surface area (Å²) in [4.78, 5) is 7.75. The predicted octanol–water partition coefficient (Wildman–Crippen LogP) is 4.20. The summed E-state index contributed by atoms with van der Waals surface area (Å²) in [6, 6.07) is 16.9. The van der Waals surface area contributed by atoms with Gasteiger partial charge < -0.3 is 14.5 Å². The molecule has 0 bridgehead atoms. The van der Waals surface area contributed by atoms with E-state index in [1.165, 1.54) is 11.3 Å². The van der Waals surface area contributed by atoms with Gasteiger partial charge in [-0.2, -0.15) is 0 Å². The van der Waals surface area contributed by atoms with Crippen molar-refractivity contribution in [2.45, 2.75) is 26.4 Å². The van der Waals surface area contributed by atoms with Gasteiger partial charge in [0, 0.05) is 18.8 Å². The normalized spacial score (nSPS) is 15.1. The lowest BCUT2D eigenvalue weighted by molar-refractivity contribution is 0.122. The van der Waals surface area contributed by atoms with Crippen LogP contribution < -0.4 is 4.90 Å². The molecular weight excluding hydrogens is 312 g/mol. The highest BCUT2D eigenvalue weighted by Gasteiger charge is 2.10. The summed E-state index contributed by atoms with van der Waals surface area (Å²) >= 11 is 0. The van der Waals surface area contributed by atoms with Gasteiger partial charge in [-0.05, 0) is 34.7 Å². The van der Waals surface area contributed by atoms with Crippen LogP contribution in [0.4, 0.5) is 5.69 Å². The van der Waals surface area contributed by atoms with Crippen molar-refractivity contribution in [3.63, 3.8) is 0 Å². The van der Waals surface area contributed by atoms with Crippen LogP contribution in [0.25, 0.3) is 0 Å². The number of benzene rings is 2. The molecule has 0 N–H and O–H groups in total. The van der Waals surface area contributed by atoms with Crippen LogP contribution in [0.5, 0.6) is 0 Å². The molecule has 2 aromatic rings. The van der Waals surface area contributed by atoms with Gasteiger partial charge in [-0.25, -0.2) is 0 Å². The molecule has 0 saturated carbocycles. The number of rotatable bonds is 6. The Labute approximate surface area is 150 Å². The van der Waals surface area contributed by atoms with Gasteiger partial charge in [-0.15, -0.1) is 0 Å². The van der Waals surface area contributed by atoms with Crippen LogP contribution in [0.15, 0.2) is 53.7 Å². The van der Waals surface area contributed by atoms with Gasteiger partial charge >= 0.3 is 0 Å². The van der Waals surface area contributed by atoms with E-state index in [1.54, 1.807) is 6.21 Å². The SMILES string of the molecule is CC(C)c1ccc(CO/N=C/c2ccc(N3CCOCC3)cc2)cc1. The van der Waals surface area contributed by atoms with E-state index in [0.717, 1.165) is 37.4 Å². The first-order valence-corrected chi connectivity index (χ1v) is 8.89. The minimum absolute atomic E-state index is 0.487. The molecule has 0 spiro atoms. The number of hydrogen-bond donors (Lipinski definition) is 0. The van der Waals surface area contributed by atoms with Gasteiger partial charge in [0.05, 0.1) is 19.4 Å². The van der Waals surface area contributed by atoms with Crippen LogP contribution in [-0.2, 0) is 16.2 Å². The summed E-state index contributed by atoms with van der Waals surface area (Å²) in [5.41, 5.74) is 4.73. The van der Waals surface area contributed by atoms with E-state index in [-0.39, 0.29) is 0 Å². The Hall–Kier alpha value is -2.33. The molecule has 3 rings (SSSR count). The Morgan fingerprint density at radius 1 is 1.04 bits per heavy atom. The topological polar surface area (TPSA) is 34.1 Å². The molecule has 0 radical (unpaired) electrons. The fourth-order valence-corrected chi connectivity index (χ4v) is 2.80. The molecule has 2 aromatic carbocycles. The van der Waals surface area contributed by atoms with Gasteiger partial charge in [0.15, 0.2) is 0 Å². The van der Waals surface area contributed by atoms with Crippen molar-refractivity contribution in [2.75, 3.05) is 31.2 Å². The number of anilines is 1. The smallest absolute Gasteiger partial charge is 0.142 e. The fourth-order valence-electron chi connectivity index (χ4n) is 2.80. The van der Waals surface area contributed by atoms with E-state index in [2.05, 4.69) is 72.4 Å². The molecule has 4 nitrogen and oxygen atoms in total. The highest BCUT2D eigenvalue weighted by molar-refractivity contribution is 5.79. The minimum atomic E-state index is 0.487. The molecule has 0 unspecified atom stereocenters. The second-order valence-electron chi connectivity index (χ2n) is 6.60. The number of hydrogen-bond acceptors (Lipinski definition) is 4. The zero-order valence-corrected chi connectivity index (χ0v) is 15.0. The van der Waals surface area contributed by atoms with Crippen LogP contribution in [0, 0.1) is 0 Å². The van der Waals surface area contributed by atoms with E-state index < -0.39 is 0 Å². The second kappa shape index (κ2) is 8.67. The van der Waals surface area contributed by atoms with Crippen LogP contribution in [0.3, 0.4) is 0 Å². The number of nitrogens with zero attached hydrogens (tertiary/aromatic N) is 2. The van der Waals surface area contributed by atoms with Crippen LogP contribution in [0.1, 0.15) is 36.5 Å². The Kier molecular flexibility index (Phi) is 6.07. The van der Waals surface area contributed by atoms with Crippen molar-refractivity contribution < 1.29 is 9.57 Å². The zero-order chi connectivity index (χ0) is 17.5. The molecule has 1 heterocycles. The monoisotopic (exact) mass is 338 g/mol. The maximum absolute atomic E-state index is 5.41. The molecule has 1 aliphatic rings. The van der Waals surface area contributed by atoms with Crippen molar-refractivity contribution in [2.24, 2.45) is 5.16 Å². The van der Waals surface area contributed by atoms with Gasteiger partial charge in [0.2, 0.25) is 0 Å². The van der Waals surface area contributed by atoms with Crippen LogP contribution in [-0.4, -0.2) is 32.5 Å².